The Labute approximate surface area is 103 Å². The van der Waals surface area contributed by atoms with Crippen LogP contribution in [-0.2, 0) is 0 Å². The fourth-order valence-electron chi connectivity index (χ4n) is 1.83. The molecule has 0 fully saturated rings. The topological polar surface area (TPSA) is 50.2 Å². The second kappa shape index (κ2) is 4.33. The van der Waals surface area contributed by atoms with Crippen molar-refractivity contribution < 1.29 is 0 Å². The Bertz CT molecular complexity index is 753. The number of H-pyrrole nitrogens is 1. The maximum absolute atomic E-state index is 11.5. The largest absolute Gasteiger partial charge is 0.331 e. The monoisotopic (exact) mass is 237 g/mol. The number of benzene rings is 1. The lowest BCUT2D eigenvalue weighted by Crippen LogP contribution is -2.15. The van der Waals surface area contributed by atoms with Crippen LogP contribution in [0.5, 0.6) is 0 Å². The van der Waals surface area contributed by atoms with Crippen molar-refractivity contribution in [3.05, 3.63) is 70.5 Å². The molecule has 3 aromatic rings. The van der Waals surface area contributed by atoms with Gasteiger partial charge in [-0.05, 0) is 11.6 Å². The van der Waals surface area contributed by atoms with Crippen LogP contribution in [0.25, 0.3) is 17.8 Å². The molecule has 0 atom stereocenters. The maximum Gasteiger partial charge on any atom is 0.331 e. The predicted octanol–water partition coefficient (Wildman–Crippen LogP) is 2.19. The lowest BCUT2D eigenvalue weighted by molar-refractivity contribution is 0.999. The molecular formula is C14H11N3O. The lowest BCUT2D eigenvalue weighted by Gasteiger charge is -1.97. The Morgan fingerprint density at radius 3 is 2.83 bits per heavy atom. The summed E-state index contributed by atoms with van der Waals surface area (Å²) in [6, 6.07) is 9.98. The summed E-state index contributed by atoms with van der Waals surface area (Å²) >= 11 is 0. The van der Waals surface area contributed by atoms with Crippen molar-refractivity contribution in [2.45, 2.75) is 0 Å². The summed E-state index contributed by atoms with van der Waals surface area (Å²) in [5.74, 6) is 0. The van der Waals surface area contributed by atoms with Gasteiger partial charge in [0.15, 0.2) is 0 Å². The van der Waals surface area contributed by atoms with Crippen LogP contribution >= 0.6 is 0 Å². The van der Waals surface area contributed by atoms with E-state index in [0.29, 0.717) is 5.65 Å². The molecule has 3 rings (SSSR count). The molecule has 0 spiro atoms. The third kappa shape index (κ3) is 1.84. The van der Waals surface area contributed by atoms with Gasteiger partial charge in [-0.1, -0.05) is 36.4 Å². The van der Waals surface area contributed by atoms with Crippen LogP contribution in [0.4, 0.5) is 0 Å². The van der Waals surface area contributed by atoms with Gasteiger partial charge in [-0.2, -0.15) is 0 Å². The minimum Gasteiger partial charge on any atom is -0.313 e. The summed E-state index contributed by atoms with van der Waals surface area (Å²) < 4.78 is 1.49. The van der Waals surface area contributed by atoms with Gasteiger partial charge in [0, 0.05) is 24.2 Å². The molecule has 0 amide bonds. The molecule has 1 N–H and O–H groups in total. The first-order valence-electron chi connectivity index (χ1n) is 5.62. The molecule has 0 aliphatic carbocycles. The molecule has 4 heteroatoms. The summed E-state index contributed by atoms with van der Waals surface area (Å²) in [5.41, 5.74) is 2.46. The molecule has 0 unspecified atom stereocenters. The first-order valence-corrected chi connectivity index (χ1v) is 5.62. The average molecular weight is 237 g/mol. The van der Waals surface area contributed by atoms with Crippen LogP contribution in [-0.4, -0.2) is 14.4 Å². The van der Waals surface area contributed by atoms with Gasteiger partial charge in [0.2, 0.25) is 0 Å². The van der Waals surface area contributed by atoms with Crippen molar-refractivity contribution in [2.75, 3.05) is 0 Å². The maximum atomic E-state index is 11.5. The number of fused-ring (bicyclic) bond motifs is 1. The summed E-state index contributed by atoms with van der Waals surface area (Å²) in [4.78, 5) is 18.4. The Hall–Kier alpha value is -2.62. The summed E-state index contributed by atoms with van der Waals surface area (Å²) in [7, 11) is 0. The summed E-state index contributed by atoms with van der Waals surface area (Å²) in [6.45, 7) is 0. The van der Waals surface area contributed by atoms with Gasteiger partial charge >= 0.3 is 5.69 Å². The number of aromatic amines is 1. The van der Waals surface area contributed by atoms with E-state index in [2.05, 4.69) is 9.97 Å². The molecule has 0 aliphatic heterocycles. The van der Waals surface area contributed by atoms with Gasteiger partial charge in [0.25, 0.3) is 0 Å². The zero-order valence-corrected chi connectivity index (χ0v) is 9.58. The first kappa shape index (κ1) is 10.5. The minimum atomic E-state index is -0.181. The van der Waals surface area contributed by atoms with E-state index >= 15 is 0 Å². The van der Waals surface area contributed by atoms with Crippen LogP contribution in [0, 0.1) is 0 Å². The summed E-state index contributed by atoms with van der Waals surface area (Å²) in [6.07, 6.45) is 8.86. The van der Waals surface area contributed by atoms with E-state index in [0.717, 1.165) is 11.1 Å². The number of hydrogen-bond acceptors (Lipinski definition) is 2. The van der Waals surface area contributed by atoms with E-state index in [-0.39, 0.29) is 5.69 Å². The number of hydrogen-bond donors (Lipinski definition) is 1. The highest BCUT2D eigenvalue weighted by Gasteiger charge is 2.01. The number of nitrogens with one attached hydrogen (secondary N) is 1. The SMILES string of the molecule is O=c1[nH]cc(/C=C/c2ccccc2)c2nccn12. The van der Waals surface area contributed by atoms with Crippen molar-refractivity contribution in [3.63, 3.8) is 0 Å². The van der Waals surface area contributed by atoms with E-state index in [1.807, 2.05) is 42.5 Å². The van der Waals surface area contributed by atoms with E-state index in [1.54, 1.807) is 18.6 Å². The van der Waals surface area contributed by atoms with Gasteiger partial charge in [-0.15, -0.1) is 0 Å². The van der Waals surface area contributed by atoms with E-state index in [4.69, 9.17) is 0 Å². The second-order valence-corrected chi connectivity index (χ2v) is 3.91. The molecule has 1 aromatic carbocycles. The van der Waals surface area contributed by atoms with Crippen LogP contribution in [0.3, 0.4) is 0 Å². The number of aromatic nitrogens is 3. The highest BCUT2D eigenvalue weighted by Crippen LogP contribution is 2.10. The van der Waals surface area contributed by atoms with Crippen LogP contribution in [0.1, 0.15) is 11.1 Å². The molecule has 0 saturated heterocycles. The fourth-order valence-corrected chi connectivity index (χ4v) is 1.83. The van der Waals surface area contributed by atoms with Crippen LogP contribution in [0.15, 0.2) is 53.7 Å². The van der Waals surface area contributed by atoms with Crippen LogP contribution < -0.4 is 5.69 Å². The Balaban J connectivity index is 2.06. The Kier molecular flexibility index (Phi) is 2.53. The van der Waals surface area contributed by atoms with Crippen molar-refractivity contribution in [1.29, 1.82) is 0 Å². The molecule has 2 heterocycles. The first-order chi connectivity index (χ1) is 8.84. The highest BCUT2D eigenvalue weighted by atomic mass is 16.1. The summed E-state index contributed by atoms with van der Waals surface area (Å²) in [5, 5.41) is 0. The molecular weight excluding hydrogens is 226 g/mol. The Morgan fingerprint density at radius 1 is 1.17 bits per heavy atom. The fraction of sp³-hybridized carbons (Fsp3) is 0. The molecule has 4 nitrogen and oxygen atoms in total. The number of imidazole rings is 1. The van der Waals surface area contributed by atoms with Crippen molar-refractivity contribution in [3.8, 4) is 0 Å². The number of rotatable bonds is 2. The van der Waals surface area contributed by atoms with Crippen molar-refractivity contribution in [2.24, 2.45) is 0 Å². The molecule has 2 aromatic heterocycles. The zero-order valence-electron chi connectivity index (χ0n) is 9.58. The third-order valence-electron chi connectivity index (χ3n) is 2.72. The van der Waals surface area contributed by atoms with Gasteiger partial charge in [-0.3, -0.25) is 4.40 Å². The smallest absolute Gasteiger partial charge is 0.313 e. The quantitative estimate of drug-likeness (QED) is 0.742. The standard InChI is InChI=1S/C14H11N3O/c18-14-16-10-12(13-15-8-9-17(13)14)7-6-11-4-2-1-3-5-11/h1-10H,(H,16,18)/b7-6+. The molecule has 0 saturated carbocycles. The molecule has 0 radical (unpaired) electrons. The van der Waals surface area contributed by atoms with E-state index < -0.39 is 0 Å². The van der Waals surface area contributed by atoms with E-state index in [9.17, 15) is 4.79 Å². The lowest BCUT2D eigenvalue weighted by atomic mass is 10.2. The molecule has 88 valence electrons. The average Bonchev–Trinajstić information content (AvgIpc) is 2.90. The van der Waals surface area contributed by atoms with Gasteiger partial charge in [-0.25, -0.2) is 9.78 Å². The third-order valence-corrected chi connectivity index (χ3v) is 2.72. The van der Waals surface area contributed by atoms with Gasteiger partial charge in [0.05, 0.1) is 0 Å². The van der Waals surface area contributed by atoms with Gasteiger partial charge in [0.1, 0.15) is 5.65 Å². The normalized spacial score (nSPS) is 11.3. The Morgan fingerprint density at radius 2 is 2.00 bits per heavy atom. The zero-order chi connectivity index (χ0) is 12.4. The minimum absolute atomic E-state index is 0.181. The van der Waals surface area contributed by atoms with Gasteiger partial charge < -0.3 is 4.98 Å². The van der Waals surface area contributed by atoms with E-state index in [1.165, 1.54) is 4.40 Å². The highest BCUT2D eigenvalue weighted by molar-refractivity contribution is 5.75. The predicted molar refractivity (Wildman–Crippen MR) is 71.2 cm³/mol. The van der Waals surface area contributed by atoms with Crippen LogP contribution in [0.2, 0.25) is 0 Å². The van der Waals surface area contributed by atoms with Crippen molar-refractivity contribution >= 4 is 17.8 Å². The van der Waals surface area contributed by atoms with Crippen molar-refractivity contribution in [1.82, 2.24) is 14.4 Å². The molecule has 18 heavy (non-hydrogen) atoms. The molecule has 0 bridgehead atoms. The molecule has 0 aliphatic rings. The number of nitrogens with zero attached hydrogens (tertiary/aromatic N) is 2. The second-order valence-electron chi connectivity index (χ2n) is 3.91.